The number of rotatable bonds is 9. The first-order chi connectivity index (χ1) is 29.9. The maximum absolute atomic E-state index is 4.71. The Morgan fingerprint density at radius 1 is 0.429 bits per heavy atom. The van der Waals surface area contributed by atoms with Gasteiger partial charge in [0.25, 0.3) is 5.95 Å². The van der Waals surface area contributed by atoms with E-state index in [0.717, 1.165) is 78.4 Å². The second-order valence-corrected chi connectivity index (χ2v) is 15.5. The number of nitrogens with zero attached hydrogens (tertiary/aromatic N) is 9. The SMILES string of the molecule is CC(C)(C)c1nnc(-n2c3[c-]c(N(c4[c-]c(-c5ccccn5)ccc4)c4ccccc4)ccc3c3ccc(N(c4[c-]c(-c5ccccn5)ccc4)c4ccccc4)[c-]c32)nn1.[Pt+2].[Pt+2]. The van der Waals surface area contributed by atoms with Crippen LogP contribution in [0.15, 0.2) is 170 Å². The summed E-state index contributed by atoms with van der Waals surface area (Å²) in [6, 6.07) is 67.7. The summed E-state index contributed by atoms with van der Waals surface area (Å²) in [4.78, 5) is 13.5. The summed E-state index contributed by atoms with van der Waals surface area (Å²) >= 11 is 0. The van der Waals surface area contributed by atoms with Crippen molar-refractivity contribution < 1.29 is 42.1 Å². The average molecular weight is 1180 g/mol. The van der Waals surface area contributed by atoms with Crippen LogP contribution in [0.3, 0.4) is 0 Å². The molecule has 10 rings (SSSR count). The molecule has 4 heterocycles. The minimum atomic E-state index is -0.342. The van der Waals surface area contributed by atoms with Gasteiger partial charge >= 0.3 is 42.1 Å². The molecule has 0 radical (unpaired) electrons. The van der Waals surface area contributed by atoms with Gasteiger partial charge in [-0.15, -0.1) is 104 Å². The van der Waals surface area contributed by atoms with Crippen LogP contribution < -0.4 is 9.80 Å². The number of anilines is 6. The van der Waals surface area contributed by atoms with E-state index in [1.54, 1.807) is 12.4 Å². The van der Waals surface area contributed by atoms with Crippen molar-refractivity contribution in [2.45, 2.75) is 26.2 Å². The molecule has 11 heteroatoms. The van der Waals surface area contributed by atoms with Crippen LogP contribution in [0, 0.1) is 24.3 Å². The third-order valence-electron chi connectivity index (χ3n) is 10.3. The fourth-order valence-electron chi connectivity index (χ4n) is 7.40. The summed E-state index contributed by atoms with van der Waals surface area (Å²) < 4.78 is 1.96. The van der Waals surface area contributed by atoms with E-state index in [-0.39, 0.29) is 47.5 Å². The molecule has 0 aliphatic rings. The van der Waals surface area contributed by atoms with E-state index in [0.29, 0.717) is 11.8 Å². The molecule has 0 amide bonds. The van der Waals surface area contributed by atoms with Gasteiger partial charge in [0.15, 0.2) is 5.82 Å². The van der Waals surface area contributed by atoms with Gasteiger partial charge < -0.3 is 24.3 Å². The topological polar surface area (TPSA) is 88.8 Å². The van der Waals surface area contributed by atoms with Crippen LogP contribution in [0.5, 0.6) is 0 Å². The minimum Gasteiger partial charge on any atom is -0.352 e. The Hall–Kier alpha value is -6.66. The first-order valence-corrected chi connectivity index (χ1v) is 20.0. The molecule has 4 aromatic heterocycles. The van der Waals surface area contributed by atoms with Crippen LogP contribution in [0.4, 0.5) is 34.1 Å². The summed E-state index contributed by atoms with van der Waals surface area (Å²) in [5.41, 5.74) is 9.71. The number of aromatic nitrogens is 7. The van der Waals surface area contributed by atoms with Gasteiger partial charge in [0.1, 0.15) is 0 Å². The third-order valence-corrected chi connectivity index (χ3v) is 10.3. The van der Waals surface area contributed by atoms with E-state index < -0.39 is 0 Å². The molecule has 63 heavy (non-hydrogen) atoms. The van der Waals surface area contributed by atoms with Crippen LogP contribution in [0.25, 0.3) is 50.3 Å². The van der Waals surface area contributed by atoms with Gasteiger partial charge in [-0.25, -0.2) is 0 Å². The normalized spacial score (nSPS) is 11.2. The van der Waals surface area contributed by atoms with E-state index in [1.807, 2.05) is 135 Å². The number of hydrogen-bond donors (Lipinski definition) is 0. The molecular weight excluding hydrogens is 1140 g/mol. The van der Waals surface area contributed by atoms with Gasteiger partial charge in [-0.3, -0.25) is 0 Å². The number of fused-ring (bicyclic) bond motifs is 3. The van der Waals surface area contributed by atoms with Crippen LogP contribution in [0.1, 0.15) is 26.6 Å². The number of pyridine rings is 2. The molecule has 0 fully saturated rings. The first kappa shape index (κ1) is 43.0. The predicted molar refractivity (Wildman–Crippen MR) is 242 cm³/mol. The molecule has 310 valence electrons. The Morgan fingerprint density at radius 2 is 0.857 bits per heavy atom. The smallest absolute Gasteiger partial charge is 0.352 e. The summed E-state index contributed by atoms with van der Waals surface area (Å²) in [6.07, 6.45) is 3.59. The Balaban J connectivity index is 0.00000272. The summed E-state index contributed by atoms with van der Waals surface area (Å²) in [6.45, 7) is 6.13. The second-order valence-electron chi connectivity index (χ2n) is 15.5. The van der Waals surface area contributed by atoms with Crippen LogP contribution in [-0.4, -0.2) is 34.9 Å². The van der Waals surface area contributed by atoms with Crippen molar-refractivity contribution in [1.29, 1.82) is 0 Å². The molecule has 0 spiro atoms. The maximum Gasteiger partial charge on any atom is 2.00 e. The van der Waals surface area contributed by atoms with Gasteiger partial charge in [-0.05, 0) is 59.2 Å². The molecule has 0 N–H and O–H groups in total. The molecule has 10 aromatic rings. The number of benzene rings is 6. The molecule has 0 aliphatic carbocycles. The molecule has 0 saturated heterocycles. The van der Waals surface area contributed by atoms with Crippen molar-refractivity contribution in [3.05, 3.63) is 200 Å². The second kappa shape index (κ2) is 18.4. The van der Waals surface area contributed by atoms with Gasteiger partial charge in [0, 0.05) is 29.2 Å². The molecular formula is C52H37N9Pt2. The Morgan fingerprint density at radius 3 is 1.27 bits per heavy atom. The van der Waals surface area contributed by atoms with Crippen LogP contribution in [-0.2, 0) is 47.5 Å². The van der Waals surface area contributed by atoms with Gasteiger partial charge in [0.05, 0.1) is 0 Å². The molecule has 6 aromatic carbocycles. The fourth-order valence-corrected chi connectivity index (χ4v) is 7.40. The quantitative estimate of drug-likeness (QED) is 0.132. The molecule has 0 atom stereocenters. The number of hydrogen-bond acceptors (Lipinski definition) is 8. The van der Waals surface area contributed by atoms with E-state index >= 15 is 0 Å². The predicted octanol–water partition coefficient (Wildman–Crippen LogP) is 11.9. The Bertz CT molecular complexity index is 2940. The monoisotopic (exact) mass is 1180 g/mol. The Labute approximate surface area is 395 Å². The van der Waals surface area contributed by atoms with Crippen molar-refractivity contribution in [2.75, 3.05) is 9.80 Å². The largest absolute Gasteiger partial charge is 2.00 e. The fraction of sp³-hybridized carbons (Fsp3) is 0.0769. The summed E-state index contributed by atoms with van der Waals surface area (Å²) in [5.74, 6) is 0.850. The average Bonchev–Trinajstić information content (AvgIpc) is 3.63. The zero-order chi connectivity index (χ0) is 41.3. The van der Waals surface area contributed by atoms with E-state index in [2.05, 4.69) is 103 Å². The van der Waals surface area contributed by atoms with Crippen molar-refractivity contribution in [3.63, 3.8) is 0 Å². The molecule has 0 saturated carbocycles. The van der Waals surface area contributed by atoms with Crippen LogP contribution >= 0.6 is 0 Å². The van der Waals surface area contributed by atoms with Crippen molar-refractivity contribution in [3.8, 4) is 28.5 Å². The number of para-hydroxylation sites is 2. The zero-order valence-electron chi connectivity index (χ0n) is 34.3. The minimum absolute atomic E-state index is 0. The summed E-state index contributed by atoms with van der Waals surface area (Å²) in [5, 5.41) is 20.5. The van der Waals surface area contributed by atoms with E-state index in [1.165, 1.54) is 0 Å². The van der Waals surface area contributed by atoms with Crippen molar-refractivity contribution in [1.82, 2.24) is 34.9 Å². The third kappa shape index (κ3) is 8.59. The van der Waals surface area contributed by atoms with Crippen molar-refractivity contribution >= 4 is 55.9 Å². The molecule has 0 aliphatic heterocycles. The Kier molecular flexibility index (Phi) is 12.5. The van der Waals surface area contributed by atoms with E-state index in [4.69, 9.17) is 10.2 Å². The molecule has 0 unspecified atom stereocenters. The first-order valence-electron chi connectivity index (χ1n) is 20.0. The molecule has 9 nitrogen and oxygen atoms in total. The maximum atomic E-state index is 4.71. The standard InChI is InChI=1S/C52H37N9.2Pt/c1-52(2,3)50-55-57-51(58-56-50)61-48-34-42(59(38-18-6-4-7-19-38)40-22-14-16-36(32-40)46-24-10-12-30-53-46)26-28-44(48)45-29-27-43(35-49(45)61)60(39-20-8-5-9-21-39)41-23-15-17-37(33-41)47-25-11-13-31-54-47;;/h4-31H,1-3H3;;/q-4;2*+2. The van der Waals surface area contributed by atoms with Gasteiger partial charge in [-0.1, -0.05) is 104 Å². The molecule has 0 bridgehead atoms. The zero-order valence-corrected chi connectivity index (χ0v) is 38.9. The van der Waals surface area contributed by atoms with Gasteiger partial charge in [0.2, 0.25) is 0 Å². The van der Waals surface area contributed by atoms with E-state index in [9.17, 15) is 0 Å². The van der Waals surface area contributed by atoms with Gasteiger partial charge in [-0.2, -0.15) is 22.9 Å². The van der Waals surface area contributed by atoms with Crippen molar-refractivity contribution in [2.24, 2.45) is 0 Å². The summed E-state index contributed by atoms with van der Waals surface area (Å²) in [7, 11) is 0. The van der Waals surface area contributed by atoms with Crippen LogP contribution in [0.2, 0.25) is 0 Å².